The molecule has 0 radical (unpaired) electrons. The Bertz CT molecular complexity index is 198. The molecule has 120 valence electrons. The summed E-state index contributed by atoms with van der Waals surface area (Å²) in [5, 5.41) is 10.5. The van der Waals surface area contributed by atoms with Gasteiger partial charge < -0.3 is 25.8 Å². The van der Waals surface area contributed by atoms with Gasteiger partial charge >= 0.3 is 0 Å². The molecule has 1 aliphatic rings. The third kappa shape index (κ3) is 9.66. The van der Waals surface area contributed by atoms with Crippen LogP contribution >= 0.6 is 0 Å². The molecule has 20 heavy (non-hydrogen) atoms. The van der Waals surface area contributed by atoms with Crippen LogP contribution in [-0.4, -0.2) is 88.8 Å². The lowest BCUT2D eigenvalue weighted by Crippen LogP contribution is -2.40. The average molecular weight is 285 g/mol. The van der Waals surface area contributed by atoms with Gasteiger partial charge in [0, 0.05) is 39.3 Å². The topological polar surface area (TPSA) is 42.6 Å². The maximum atomic E-state index is 3.56. The third-order valence-electron chi connectivity index (χ3n) is 3.96. The first-order valence-electron chi connectivity index (χ1n) is 8.36. The predicted molar refractivity (Wildman–Crippen MR) is 87.5 cm³/mol. The van der Waals surface area contributed by atoms with Crippen LogP contribution in [0.25, 0.3) is 0 Å². The van der Waals surface area contributed by atoms with Gasteiger partial charge in [-0.2, -0.15) is 0 Å². The summed E-state index contributed by atoms with van der Waals surface area (Å²) in [5.41, 5.74) is 0. The highest BCUT2D eigenvalue weighted by molar-refractivity contribution is 4.65. The van der Waals surface area contributed by atoms with Crippen molar-refractivity contribution in [1.82, 2.24) is 25.8 Å². The molecule has 0 amide bonds. The summed E-state index contributed by atoms with van der Waals surface area (Å²) in [6, 6.07) is 0. The van der Waals surface area contributed by atoms with Crippen LogP contribution in [0.15, 0.2) is 0 Å². The fourth-order valence-electron chi connectivity index (χ4n) is 2.36. The fraction of sp³-hybridized carbons (Fsp3) is 1.00. The molecule has 0 aliphatic carbocycles. The molecule has 3 N–H and O–H groups in total. The summed E-state index contributed by atoms with van der Waals surface area (Å²) in [4.78, 5) is 4.99. The number of hydrogen-bond donors (Lipinski definition) is 3. The Morgan fingerprint density at radius 1 is 0.850 bits per heavy atom. The zero-order valence-corrected chi connectivity index (χ0v) is 13.6. The lowest BCUT2D eigenvalue weighted by Gasteiger charge is -2.25. The molecule has 1 rings (SSSR count). The smallest absolute Gasteiger partial charge is 0.0110 e. The van der Waals surface area contributed by atoms with Gasteiger partial charge in [-0.15, -0.1) is 0 Å². The minimum atomic E-state index is 1.09. The van der Waals surface area contributed by atoms with E-state index in [1.165, 1.54) is 39.0 Å². The van der Waals surface area contributed by atoms with Crippen molar-refractivity contribution in [2.24, 2.45) is 0 Å². The van der Waals surface area contributed by atoms with Crippen LogP contribution in [0.4, 0.5) is 0 Å². The second-order valence-corrected chi connectivity index (χ2v) is 5.69. The number of nitrogens with zero attached hydrogens (tertiary/aromatic N) is 2. The zero-order valence-electron chi connectivity index (χ0n) is 13.6. The lowest BCUT2D eigenvalue weighted by molar-refractivity contribution is 0.226. The molecule has 5 heteroatoms. The average Bonchev–Trinajstić information content (AvgIpc) is 2.47. The van der Waals surface area contributed by atoms with E-state index in [1.807, 2.05) is 0 Å². The van der Waals surface area contributed by atoms with Crippen molar-refractivity contribution in [3.8, 4) is 0 Å². The van der Waals surface area contributed by atoms with Crippen LogP contribution < -0.4 is 16.0 Å². The first kappa shape index (κ1) is 17.9. The summed E-state index contributed by atoms with van der Waals surface area (Å²) < 4.78 is 0. The van der Waals surface area contributed by atoms with Crippen molar-refractivity contribution in [2.75, 3.05) is 79.0 Å². The van der Waals surface area contributed by atoms with Crippen molar-refractivity contribution in [1.29, 1.82) is 0 Å². The Labute approximate surface area is 125 Å². The number of likely N-dealkylation sites (N-methyl/N-ethyl adjacent to an activating group) is 1. The fourth-order valence-corrected chi connectivity index (χ4v) is 2.36. The van der Waals surface area contributed by atoms with E-state index >= 15 is 0 Å². The first-order valence-corrected chi connectivity index (χ1v) is 8.36. The largest absolute Gasteiger partial charge is 0.315 e. The molecular weight excluding hydrogens is 250 g/mol. The summed E-state index contributed by atoms with van der Waals surface area (Å²) in [5.74, 6) is 0. The maximum Gasteiger partial charge on any atom is 0.0110 e. The molecule has 0 atom stereocenters. The van der Waals surface area contributed by atoms with Gasteiger partial charge in [0.25, 0.3) is 0 Å². The first-order chi connectivity index (χ1) is 9.83. The van der Waals surface area contributed by atoms with Gasteiger partial charge in [-0.1, -0.05) is 6.92 Å². The molecule has 1 fully saturated rings. The number of rotatable bonds is 4. The van der Waals surface area contributed by atoms with Crippen LogP contribution in [0.1, 0.15) is 19.8 Å². The Kier molecular flexibility index (Phi) is 11.2. The zero-order chi connectivity index (χ0) is 14.5. The van der Waals surface area contributed by atoms with E-state index in [-0.39, 0.29) is 0 Å². The van der Waals surface area contributed by atoms with Crippen LogP contribution in [0.5, 0.6) is 0 Å². The van der Waals surface area contributed by atoms with E-state index in [0.717, 1.165) is 45.8 Å². The monoisotopic (exact) mass is 285 g/mol. The predicted octanol–water partition coefficient (Wildman–Crippen LogP) is -0.197. The number of nitrogens with one attached hydrogen (secondary N) is 3. The third-order valence-corrected chi connectivity index (χ3v) is 3.96. The molecule has 0 spiro atoms. The minimum absolute atomic E-state index is 1.09. The van der Waals surface area contributed by atoms with Crippen LogP contribution in [0, 0.1) is 0 Å². The molecule has 0 saturated carbocycles. The van der Waals surface area contributed by atoms with Gasteiger partial charge in [-0.3, -0.25) is 0 Å². The van der Waals surface area contributed by atoms with Gasteiger partial charge in [0.05, 0.1) is 0 Å². The van der Waals surface area contributed by atoms with Crippen LogP contribution in [-0.2, 0) is 0 Å². The van der Waals surface area contributed by atoms with Crippen molar-refractivity contribution in [2.45, 2.75) is 19.8 Å². The van der Waals surface area contributed by atoms with Crippen LogP contribution in [0.3, 0.4) is 0 Å². The van der Waals surface area contributed by atoms with Gasteiger partial charge in [0.2, 0.25) is 0 Å². The molecule has 5 nitrogen and oxygen atoms in total. The van der Waals surface area contributed by atoms with E-state index in [9.17, 15) is 0 Å². The Balaban J connectivity index is 2.25. The van der Waals surface area contributed by atoms with E-state index in [4.69, 9.17) is 0 Å². The standard InChI is InChI=1S/C15H35N5/c1-3-19(2)14-15-20-12-5-8-17-10-9-16-6-4-7-18-11-13-20/h16-18H,3-15H2,1-2H3. The van der Waals surface area contributed by atoms with Crippen molar-refractivity contribution < 1.29 is 0 Å². The summed E-state index contributed by atoms with van der Waals surface area (Å²) in [7, 11) is 2.21. The second kappa shape index (κ2) is 12.5. The molecule has 0 unspecified atom stereocenters. The molecule has 1 heterocycles. The van der Waals surface area contributed by atoms with E-state index < -0.39 is 0 Å². The summed E-state index contributed by atoms with van der Waals surface area (Å²) >= 11 is 0. The Morgan fingerprint density at radius 3 is 2.20 bits per heavy atom. The van der Waals surface area contributed by atoms with E-state index in [2.05, 4.69) is 39.7 Å². The molecular formula is C15H35N5. The van der Waals surface area contributed by atoms with Crippen LogP contribution in [0.2, 0.25) is 0 Å². The molecule has 0 aromatic rings. The summed E-state index contributed by atoms with van der Waals surface area (Å²) in [6.07, 6.45) is 2.47. The maximum absolute atomic E-state index is 3.56. The normalized spacial score (nSPS) is 21.8. The Morgan fingerprint density at radius 2 is 1.50 bits per heavy atom. The van der Waals surface area contributed by atoms with Crippen molar-refractivity contribution in [3.05, 3.63) is 0 Å². The summed E-state index contributed by atoms with van der Waals surface area (Å²) in [6.45, 7) is 14.8. The minimum Gasteiger partial charge on any atom is -0.315 e. The van der Waals surface area contributed by atoms with Gasteiger partial charge in [-0.05, 0) is 52.6 Å². The SMILES string of the molecule is CCN(C)CCN1CCCNCCNCCCNCC1. The highest BCUT2D eigenvalue weighted by Crippen LogP contribution is 1.93. The quantitative estimate of drug-likeness (QED) is 0.668. The van der Waals surface area contributed by atoms with Crippen molar-refractivity contribution in [3.63, 3.8) is 0 Å². The van der Waals surface area contributed by atoms with Gasteiger partial charge in [0.1, 0.15) is 0 Å². The van der Waals surface area contributed by atoms with Crippen molar-refractivity contribution >= 4 is 0 Å². The molecule has 0 bridgehead atoms. The molecule has 0 aromatic carbocycles. The molecule has 1 saturated heterocycles. The van der Waals surface area contributed by atoms with Gasteiger partial charge in [-0.25, -0.2) is 0 Å². The highest BCUT2D eigenvalue weighted by atomic mass is 15.2. The van der Waals surface area contributed by atoms with E-state index in [1.54, 1.807) is 0 Å². The molecule has 0 aromatic heterocycles. The second-order valence-electron chi connectivity index (χ2n) is 5.69. The highest BCUT2D eigenvalue weighted by Gasteiger charge is 2.06. The molecule has 1 aliphatic heterocycles. The van der Waals surface area contributed by atoms with Gasteiger partial charge in [0.15, 0.2) is 0 Å². The number of hydrogen-bond acceptors (Lipinski definition) is 5. The lowest BCUT2D eigenvalue weighted by atomic mass is 10.3. The van der Waals surface area contributed by atoms with E-state index in [0.29, 0.717) is 0 Å². The Hall–Kier alpha value is -0.200.